The van der Waals surface area contributed by atoms with Gasteiger partial charge in [-0.2, -0.15) is 0 Å². The van der Waals surface area contributed by atoms with Gasteiger partial charge in [-0.15, -0.1) is 0 Å². The first-order valence-corrected chi connectivity index (χ1v) is 14.9. The van der Waals surface area contributed by atoms with Gasteiger partial charge in [0.2, 0.25) is 5.91 Å². The van der Waals surface area contributed by atoms with E-state index in [1.54, 1.807) is 30.9 Å². The number of sulfone groups is 1. The van der Waals surface area contributed by atoms with Gasteiger partial charge in [-0.25, -0.2) is 8.42 Å². The zero-order chi connectivity index (χ0) is 26.4. The van der Waals surface area contributed by atoms with Crippen molar-refractivity contribution in [1.29, 1.82) is 0 Å². The van der Waals surface area contributed by atoms with Gasteiger partial charge in [-0.3, -0.25) is 9.59 Å². The van der Waals surface area contributed by atoms with Crippen LogP contribution in [0, 0.1) is 11.3 Å². The Kier molecular flexibility index (Phi) is 7.63. The van der Waals surface area contributed by atoms with E-state index in [0.717, 1.165) is 11.1 Å². The van der Waals surface area contributed by atoms with E-state index in [1.807, 2.05) is 50.2 Å². The lowest BCUT2D eigenvalue weighted by atomic mass is 9.57. The third-order valence-electron chi connectivity index (χ3n) is 7.79. The molecule has 1 unspecified atom stereocenters. The van der Waals surface area contributed by atoms with Crippen LogP contribution in [0.1, 0.15) is 70.0 Å². The number of carbonyl (C=O) groups is 2. The number of likely N-dealkylation sites (tertiary alicyclic amines) is 1. The molecule has 2 aromatic rings. The van der Waals surface area contributed by atoms with Crippen molar-refractivity contribution >= 4 is 44.7 Å². The zero-order valence-electron chi connectivity index (χ0n) is 21.1. The molecular weight excluding hydrogens is 517 g/mol. The van der Waals surface area contributed by atoms with Crippen molar-refractivity contribution in [2.24, 2.45) is 11.3 Å². The lowest BCUT2D eigenvalue weighted by Crippen LogP contribution is -2.62. The van der Waals surface area contributed by atoms with E-state index in [1.165, 1.54) is 0 Å². The minimum atomic E-state index is -3.46. The number of piperidine rings is 1. The molecule has 0 aromatic heterocycles. The Morgan fingerprint density at radius 1 is 0.944 bits per heavy atom. The van der Waals surface area contributed by atoms with Crippen molar-refractivity contribution in [3.05, 3.63) is 69.7 Å². The van der Waals surface area contributed by atoms with Gasteiger partial charge in [0, 0.05) is 34.8 Å². The summed E-state index contributed by atoms with van der Waals surface area (Å²) in [6, 6.07) is 14.0. The third kappa shape index (κ3) is 5.09. The van der Waals surface area contributed by atoms with Crippen molar-refractivity contribution in [2.75, 3.05) is 5.75 Å². The largest absolute Gasteiger partial charge is 0.330 e. The molecule has 1 heterocycles. The summed E-state index contributed by atoms with van der Waals surface area (Å²) in [5.41, 5.74) is 1.03. The second-order valence-corrected chi connectivity index (χ2v) is 14.4. The number of halogens is 2. The van der Waals surface area contributed by atoms with E-state index in [-0.39, 0.29) is 42.1 Å². The van der Waals surface area contributed by atoms with Crippen LogP contribution in [0.2, 0.25) is 10.0 Å². The van der Waals surface area contributed by atoms with Crippen LogP contribution < -0.4 is 0 Å². The molecule has 1 spiro atoms. The van der Waals surface area contributed by atoms with Crippen LogP contribution >= 0.6 is 23.2 Å². The third-order valence-corrected chi connectivity index (χ3v) is 10.5. The smallest absolute Gasteiger partial charge is 0.230 e. The molecule has 0 radical (unpaired) electrons. The van der Waals surface area contributed by atoms with Crippen LogP contribution in [0.5, 0.6) is 0 Å². The minimum Gasteiger partial charge on any atom is -0.330 e. The molecule has 2 aromatic carbocycles. The molecule has 0 N–H and O–H groups in total. The highest BCUT2D eigenvalue weighted by molar-refractivity contribution is 7.92. The molecule has 4 rings (SSSR count). The fourth-order valence-corrected chi connectivity index (χ4v) is 7.42. The van der Waals surface area contributed by atoms with Crippen molar-refractivity contribution in [1.82, 2.24) is 4.90 Å². The Balaban J connectivity index is 1.92. The first-order valence-electron chi connectivity index (χ1n) is 12.4. The SMILES string of the molecule is CC(C)C(CS(=O)(=O)C(C)C)N1C(=O)C2(CC(=O)C2)C[C@H](c2cccc(Cl)c2)[C@H]1c1ccc(Cl)cc1. The molecule has 2 aliphatic rings. The summed E-state index contributed by atoms with van der Waals surface area (Å²) in [6.07, 6.45) is 0.881. The number of benzene rings is 2. The number of rotatable bonds is 7. The standard InChI is InChI=1S/C28H33Cl2NO4S/c1-17(2)25(16-36(34,35)18(3)4)31-26(19-8-10-21(29)11-9-19)24(20-6-5-7-22(30)12-20)15-28(27(31)33)13-23(32)14-28/h5-12,17-18,24-26H,13-16H2,1-4H3/t24-,25?,26-/m1/s1. The monoisotopic (exact) mass is 549 g/mol. The molecule has 194 valence electrons. The van der Waals surface area contributed by atoms with E-state index >= 15 is 0 Å². The fraction of sp³-hybridized carbons (Fsp3) is 0.500. The number of hydrogen-bond acceptors (Lipinski definition) is 4. The summed E-state index contributed by atoms with van der Waals surface area (Å²) >= 11 is 12.6. The van der Waals surface area contributed by atoms with Crippen LogP contribution in [0.25, 0.3) is 0 Å². The van der Waals surface area contributed by atoms with E-state index in [0.29, 0.717) is 16.5 Å². The maximum atomic E-state index is 14.3. The van der Waals surface area contributed by atoms with E-state index < -0.39 is 32.6 Å². The Morgan fingerprint density at radius 3 is 2.11 bits per heavy atom. The lowest BCUT2D eigenvalue weighted by Gasteiger charge is -2.56. The van der Waals surface area contributed by atoms with Crippen molar-refractivity contribution in [2.45, 2.75) is 70.2 Å². The maximum absolute atomic E-state index is 14.3. The predicted molar refractivity (Wildman–Crippen MR) is 144 cm³/mol. The summed E-state index contributed by atoms with van der Waals surface area (Å²) in [4.78, 5) is 28.3. The molecule has 1 aliphatic carbocycles. The summed E-state index contributed by atoms with van der Waals surface area (Å²) in [7, 11) is -3.46. The first-order chi connectivity index (χ1) is 16.8. The molecule has 0 bridgehead atoms. The number of nitrogens with zero attached hydrogens (tertiary/aromatic N) is 1. The quantitative estimate of drug-likeness (QED) is 0.409. The Hall–Kier alpha value is -1.89. The summed E-state index contributed by atoms with van der Waals surface area (Å²) < 4.78 is 26.3. The van der Waals surface area contributed by atoms with E-state index in [9.17, 15) is 18.0 Å². The fourth-order valence-electron chi connectivity index (χ4n) is 5.68. The molecule has 1 saturated carbocycles. The summed E-state index contributed by atoms with van der Waals surface area (Å²) in [5.74, 6) is -0.487. The van der Waals surface area contributed by atoms with Gasteiger partial charge in [0.25, 0.3) is 0 Å². The van der Waals surface area contributed by atoms with Crippen LogP contribution in [-0.2, 0) is 19.4 Å². The Morgan fingerprint density at radius 2 is 1.58 bits per heavy atom. The van der Waals surface area contributed by atoms with Gasteiger partial charge in [0.05, 0.1) is 22.5 Å². The van der Waals surface area contributed by atoms with E-state index in [4.69, 9.17) is 23.2 Å². The number of hydrogen-bond donors (Lipinski definition) is 0. The maximum Gasteiger partial charge on any atom is 0.230 e. The van der Waals surface area contributed by atoms with E-state index in [2.05, 4.69) is 0 Å². The minimum absolute atomic E-state index is 0.0639. The van der Waals surface area contributed by atoms with Gasteiger partial charge in [0.15, 0.2) is 9.84 Å². The predicted octanol–water partition coefficient (Wildman–Crippen LogP) is 6.25. The van der Waals surface area contributed by atoms with Gasteiger partial charge < -0.3 is 4.90 Å². The van der Waals surface area contributed by atoms with Crippen LogP contribution in [0.3, 0.4) is 0 Å². The molecule has 1 amide bonds. The topological polar surface area (TPSA) is 71.5 Å². The van der Waals surface area contributed by atoms with Gasteiger partial charge in [-0.05, 0) is 61.6 Å². The van der Waals surface area contributed by atoms with Gasteiger partial charge in [0.1, 0.15) is 5.78 Å². The highest BCUT2D eigenvalue weighted by Crippen LogP contribution is 2.57. The highest BCUT2D eigenvalue weighted by Gasteiger charge is 2.59. The molecule has 8 heteroatoms. The average Bonchev–Trinajstić information content (AvgIpc) is 2.78. The van der Waals surface area contributed by atoms with Crippen molar-refractivity contribution < 1.29 is 18.0 Å². The molecule has 36 heavy (non-hydrogen) atoms. The Labute approximate surface area is 224 Å². The molecule has 2 fully saturated rings. The number of carbonyl (C=O) groups excluding carboxylic acids is 2. The Bertz CT molecular complexity index is 1250. The van der Waals surface area contributed by atoms with Crippen molar-refractivity contribution in [3.8, 4) is 0 Å². The van der Waals surface area contributed by atoms with Gasteiger partial charge >= 0.3 is 0 Å². The molecule has 5 nitrogen and oxygen atoms in total. The van der Waals surface area contributed by atoms with Crippen molar-refractivity contribution in [3.63, 3.8) is 0 Å². The normalized spacial score (nSPS) is 22.8. The first kappa shape index (κ1) is 27.2. The number of ketones is 1. The molecule has 1 aliphatic heterocycles. The number of Topliss-reactive ketones (excluding diaryl/α,β-unsaturated/α-hetero) is 1. The van der Waals surface area contributed by atoms with Crippen LogP contribution in [0.15, 0.2) is 48.5 Å². The second kappa shape index (κ2) is 10.1. The van der Waals surface area contributed by atoms with Crippen LogP contribution in [0.4, 0.5) is 0 Å². The summed E-state index contributed by atoms with van der Waals surface area (Å²) in [5, 5.41) is 0.610. The average molecular weight is 551 g/mol. The highest BCUT2D eigenvalue weighted by atomic mass is 35.5. The molecular formula is C28H33Cl2NO4S. The molecule has 3 atom stereocenters. The van der Waals surface area contributed by atoms with Gasteiger partial charge in [-0.1, -0.05) is 61.3 Å². The summed E-state index contributed by atoms with van der Waals surface area (Å²) in [6.45, 7) is 7.24. The number of amides is 1. The molecule has 1 saturated heterocycles. The second-order valence-electron chi connectivity index (χ2n) is 10.9. The van der Waals surface area contributed by atoms with Crippen LogP contribution in [-0.4, -0.2) is 42.1 Å². The lowest BCUT2D eigenvalue weighted by molar-refractivity contribution is -0.168. The zero-order valence-corrected chi connectivity index (χ0v) is 23.4.